The van der Waals surface area contributed by atoms with Crippen molar-refractivity contribution in [3.63, 3.8) is 0 Å². The summed E-state index contributed by atoms with van der Waals surface area (Å²) in [6.07, 6.45) is 8.12. The first-order chi connectivity index (χ1) is 21.1. The van der Waals surface area contributed by atoms with Gasteiger partial charge in [-0.25, -0.2) is 9.97 Å². The van der Waals surface area contributed by atoms with Crippen LogP contribution in [0.5, 0.6) is 11.6 Å². The van der Waals surface area contributed by atoms with E-state index < -0.39 is 23.5 Å². The van der Waals surface area contributed by atoms with Crippen molar-refractivity contribution in [3.8, 4) is 11.6 Å². The number of benzene rings is 1. The third-order valence-electron chi connectivity index (χ3n) is 10.9. The number of aldehydes is 1. The molecule has 0 unspecified atom stereocenters. The lowest BCUT2D eigenvalue weighted by Crippen LogP contribution is -2.46. The Hall–Kier alpha value is -3.23. The molecule has 4 fully saturated rings. The van der Waals surface area contributed by atoms with E-state index in [9.17, 15) is 14.4 Å². The van der Waals surface area contributed by atoms with Gasteiger partial charge >= 0.3 is 5.97 Å². The van der Waals surface area contributed by atoms with Crippen molar-refractivity contribution in [2.24, 2.45) is 35.0 Å². The van der Waals surface area contributed by atoms with Gasteiger partial charge in [-0.15, -0.1) is 0 Å². The van der Waals surface area contributed by atoms with Crippen LogP contribution in [0.3, 0.4) is 0 Å². The summed E-state index contributed by atoms with van der Waals surface area (Å²) in [4.78, 5) is 51.8. The van der Waals surface area contributed by atoms with Crippen LogP contribution in [0, 0.1) is 35.0 Å². The van der Waals surface area contributed by atoms with Crippen LogP contribution < -0.4 is 9.47 Å². The van der Waals surface area contributed by atoms with Gasteiger partial charge in [0.25, 0.3) is 0 Å². The summed E-state index contributed by atoms with van der Waals surface area (Å²) in [7, 11) is 1.62. The lowest BCUT2D eigenvalue weighted by molar-refractivity contribution is -0.158. The minimum Gasteiger partial charge on any atom is -0.497 e. The number of esters is 1. The summed E-state index contributed by atoms with van der Waals surface area (Å²) in [6.45, 7) is 8.20. The quantitative estimate of drug-likeness (QED) is 0.331. The summed E-state index contributed by atoms with van der Waals surface area (Å²) in [5.41, 5.74) is 1.75. The molecule has 0 spiro atoms. The Kier molecular flexibility index (Phi) is 8.59. The molecule has 1 aromatic carbocycles. The number of hydrogen-bond donors (Lipinski definition) is 0. The summed E-state index contributed by atoms with van der Waals surface area (Å²) >= 11 is 0. The highest BCUT2D eigenvalue weighted by Gasteiger charge is 2.54. The number of nitrogens with zero attached hydrogens (tertiary/aromatic N) is 3. The molecule has 3 heterocycles. The van der Waals surface area contributed by atoms with Crippen LogP contribution >= 0.6 is 0 Å². The molecular weight excluding hydrogens is 558 g/mol. The van der Waals surface area contributed by atoms with Crippen molar-refractivity contribution in [3.05, 3.63) is 23.9 Å². The van der Waals surface area contributed by atoms with Crippen molar-refractivity contribution in [2.45, 2.75) is 104 Å². The average molecular weight is 606 g/mol. The molecule has 6 atom stereocenters. The Morgan fingerprint density at radius 3 is 2.55 bits per heavy atom. The van der Waals surface area contributed by atoms with Crippen molar-refractivity contribution in [2.75, 3.05) is 13.7 Å². The average Bonchev–Trinajstić information content (AvgIpc) is 3.61. The normalized spacial score (nSPS) is 32.9. The molecule has 5 aliphatic rings. The maximum Gasteiger partial charge on any atom is 0.306 e. The van der Waals surface area contributed by atoms with Gasteiger partial charge in [0.15, 0.2) is 0 Å². The standard InChI is InChI=1S/C35H47N3O6/c1-6-23-29(19-39)38-18-30(23)43-33-27(36-26-13-12-22(42-5)16-28(26)37-33)11-9-7-8-10-24-20-14-21(15-20)32(24)44-31(40)17-25(34(38)41)35(2,3)4/h12-13,16,19-21,23-25,29-30,32H,6-11,14-15,17-18H2,1-5H3/t20?,21?,23-,24+,25+,29+,30-,32+/m0/s1. The highest BCUT2D eigenvalue weighted by Crippen LogP contribution is 2.55. The second-order valence-corrected chi connectivity index (χ2v) is 14.5. The predicted octanol–water partition coefficient (Wildman–Crippen LogP) is 5.56. The molecule has 3 aliphatic carbocycles. The van der Waals surface area contributed by atoms with Gasteiger partial charge in [0.1, 0.15) is 29.9 Å². The predicted molar refractivity (Wildman–Crippen MR) is 165 cm³/mol. The highest BCUT2D eigenvalue weighted by atomic mass is 16.5. The van der Waals surface area contributed by atoms with Crippen molar-refractivity contribution in [1.29, 1.82) is 0 Å². The molecule has 2 aliphatic heterocycles. The third kappa shape index (κ3) is 5.79. The first-order valence-electron chi connectivity index (χ1n) is 16.6. The van der Waals surface area contributed by atoms with E-state index in [0.29, 0.717) is 41.3 Å². The molecular formula is C35H47N3O6. The molecule has 1 aromatic heterocycles. The molecule has 238 valence electrons. The molecule has 9 nitrogen and oxygen atoms in total. The number of rotatable bonds is 3. The Morgan fingerprint density at radius 1 is 1.05 bits per heavy atom. The van der Waals surface area contributed by atoms with Gasteiger partial charge in [-0.2, -0.15) is 0 Å². The lowest BCUT2D eigenvalue weighted by Gasteiger charge is -2.34. The van der Waals surface area contributed by atoms with Crippen molar-refractivity contribution in [1.82, 2.24) is 14.9 Å². The maximum absolute atomic E-state index is 14.3. The molecule has 0 radical (unpaired) electrons. The number of ether oxygens (including phenoxy) is 3. The first-order valence-corrected chi connectivity index (χ1v) is 16.6. The van der Waals surface area contributed by atoms with Crippen LogP contribution in [0.4, 0.5) is 0 Å². The van der Waals surface area contributed by atoms with E-state index in [2.05, 4.69) is 0 Å². The second-order valence-electron chi connectivity index (χ2n) is 14.5. The number of hydrogen-bond acceptors (Lipinski definition) is 8. The van der Waals surface area contributed by atoms with Crippen LogP contribution in [0.25, 0.3) is 11.0 Å². The number of carbonyl (C=O) groups excluding carboxylic acids is 3. The molecule has 0 N–H and O–H groups in total. The van der Waals surface area contributed by atoms with E-state index in [1.54, 1.807) is 12.0 Å². The van der Waals surface area contributed by atoms with Gasteiger partial charge in [0, 0.05) is 12.0 Å². The zero-order chi connectivity index (χ0) is 31.2. The van der Waals surface area contributed by atoms with Gasteiger partial charge in [-0.3, -0.25) is 9.59 Å². The smallest absolute Gasteiger partial charge is 0.306 e. The number of methoxy groups -OCH3 is 1. The number of fused-ring (bicyclic) bond motifs is 4. The number of aromatic nitrogens is 2. The van der Waals surface area contributed by atoms with Crippen LogP contribution in [-0.4, -0.2) is 64.9 Å². The van der Waals surface area contributed by atoms with Gasteiger partial charge < -0.3 is 23.9 Å². The molecule has 2 aromatic rings. The number of carbonyl (C=O) groups is 3. The maximum atomic E-state index is 14.3. The van der Waals surface area contributed by atoms with Crippen LogP contribution in [-0.2, 0) is 25.5 Å². The zero-order valence-corrected chi connectivity index (χ0v) is 26.8. The molecule has 4 bridgehead atoms. The lowest BCUT2D eigenvalue weighted by atomic mass is 9.77. The van der Waals surface area contributed by atoms with E-state index in [1.165, 1.54) is 0 Å². The van der Waals surface area contributed by atoms with Crippen LogP contribution in [0.15, 0.2) is 18.2 Å². The van der Waals surface area contributed by atoms with Crippen molar-refractivity contribution >= 4 is 29.2 Å². The molecule has 1 saturated heterocycles. The summed E-state index contributed by atoms with van der Waals surface area (Å²) in [6, 6.07) is 5.00. The van der Waals surface area contributed by atoms with Crippen molar-refractivity contribution < 1.29 is 28.6 Å². The molecule has 9 heteroatoms. The van der Waals surface area contributed by atoms with E-state index in [-0.39, 0.29) is 36.9 Å². The minimum atomic E-state index is -0.649. The fraction of sp³-hybridized carbons (Fsp3) is 0.686. The fourth-order valence-corrected chi connectivity index (χ4v) is 8.23. The largest absolute Gasteiger partial charge is 0.497 e. The Morgan fingerprint density at radius 2 is 1.84 bits per heavy atom. The van der Waals surface area contributed by atoms with E-state index in [1.807, 2.05) is 45.9 Å². The monoisotopic (exact) mass is 605 g/mol. The van der Waals surface area contributed by atoms with E-state index in [4.69, 9.17) is 24.2 Å². The minimum absolute atomic E-state index is 0.00939. The topological polar surface area (TPSA) is 108 Å². The van der Waals surface area contributed by atoms with Gasteiger partial charge in [-0.1, -0.05) is 40.5 Å². The summed E-state index contributed by atoms with van der Waals surface area (Å²) in [5, 5.41) is 0. The highest BCUT2D eigenvalue weighted by molar-refractivity contribution is 5.87. The third-order valence-corrected chi connectivity index (χ3v) is 10.9. The van der Waals surface area contributed by atoms with Crippen LogP contribution in [0.1, 0.15) is 84.8 Å². The van der Waals surface area contributed by atoms with Crippen LogP contribution in [0.2, 0.25) is 0 Å². The van der Waals surface area contributed by atoms with Gasteiger partial charge in [0.05, 0.1) is 43.1 Å². The Labute approximate surface area is 260 Å². The molecule has 1 amide bonds. The Balaban J connectivity index is 1.36. The zero-order valence-electron chi connectivity index (χ0n) is 26.8. The number of aryl methyl sites for hydroxylation is 1. The van der Waals surface area contributed by atoms with E-state index >= 15 is 0 Å². The SMILES string of the molecule is CC[C@@H]1[C@@H]2CN(C(=O)[C@H](C(C)(C)C)CC(=O)O[C@@H]3C4CC(C4)[C@H]3CCCCCc3nc4ccc(OC)cc4nc3O2)[C@@H]1C=O. The van der Waals surface area contributed by atoms with E-state index in [0.717, 1.165) is 62.4 Å². The first kappa shape index (κ1) is 30.8. The molecule has 3 saturated carbocycles. The summed E-state index contributed by atoms with van der Waals surface area (Å²) < 4.78 is 18.3. The van der Waals surface area contributed by atoms with Gasteiger partial charge in [0.2, 0.25) is 11.8 Å². The summed E-state index contributed by atoms with van der Waals surface area (Å²) in [5.74, 6) is 1.29. The fourth-order valence-electron chi connectivity index (χ4n) is 8.23. The van der Waals surface area contributed by atoms with Gasteiger partial charge in [-0.05, 0) is 73.8 Å². The number of amides is 1. The molecule has 7 rings (SSSR count). The second kappa shape index (κ2) is 12.3. The Bertz CT molecular complexity index is 1400. The molecule has 44 heavy (non-hydrogen) atoms.